The molecule has 1 heterocycles. The lowest BCUT2D eigenvalue weighted by atomic mass is 9.91. The SMILES string of the molecule is CCNS(=O)(=O)C1=CC(C)C(/N=c2\ccc3c(-c4ccc(C)cc4S(=O)(=O)O)c4ccc(Nc5c(C)cc(C)cc5C)cc4oc-3c2)C(C)=C1. The highest BCUT2D eigenvalue weighted by molar-refractivity contribution is 7.93. The number of nitrogens with zero attached hydrogens (tertiary/aromatic N) is 1. The first kappa shape index (κ1) is 35.3. The molecule has 2 aliphatic carbocycles. The van der Waals surface area contributed by atoms with Crippen molar-refractivity contribution in [2.45, 2.75) is 59.4 Å². The minimum Gasteiger partial charge on any atom is -0.456 e. The molecule has 3 aromatic carbocycles. The molecule has 11 heteroatoms. The van der Waals surface area contributed by atoms with Gasteiger partial charge in [0.05, 0.1) is 16.3 Å². The lowest BCUT2D eigenvalue weighted by molar-refractivity contribution is 0.483. The van der Waals surface area contributed by atoms with Crippen LogP contribution < -0.4 is 15.4 Å². The molecule has 1 aliphatic heterocycles. The van der Waals surface area contributed by atoms with Crippen LogP contribution in [-0.2, 0) is 20.1 Å². The fourth-order valence-corrected chi connectivity index (χ4v) is 8.91. The van der Waals surface area contributed by atoms with E-state index in [9.17, 15) is 21.4 Å². The number of rotatable bonds is 8. The fraction of sp³-hybridized carbons (Fsp3) is 0.256. The molecule has 0 saturated heterocycles. The molecule has 0 aromatic heterocycles. The predicted molar refractivity (Wildman–Crippen MR) is 200 cm³/mol. The molecule has 0 spiro atoms. The molecule has 50 heavy (non-hydrogen) atoms. The van der Waals surface area contributed by atoms with Crippen molar-refractivity contribution in [3.05, 3.63) is 117 Å². The zero-order valence-electron chi connectivity index (χ0n) is 29.1. The van der Waals surface area contributed by atoms with Crippen molar-refractivity contribution in [2.24, 2.45) is 10.9 Å². The van der Waals surface area contributed by atoms with E-state index in [4.69, 9.17) is 9.41 Å². The Morgan fingerprint density at radius 3 is 2.20 bits per heavy atom. The first-order valence-electron chi connectivity index (χ1n) is 16.4. The van der Waals surface area contributed by atoms with E-state index in [2.05, 4.69) is 42.9 Å². The van der Waals surface area contributed by atoms with Crippen LogP contribution in [0.1, 0.15) is 43.0 Å². The minimum atomic E-state index is -4.58. The molecule has 6 rings (SSSR count). The predicted octanol–water partition coefficient (Wildman–Crippen LogP) is 8.12. The molecule has 2 unspecified atom stereocenters. The normalized spacial score (nSPS) is 17.2. The van der Waals surface area contributed by atoms with Crippen LogP contribution in [0.3, 0.4) is 0 Å². The second-order valence-electron chi connectivity index (χ2n) is 13.1. The summed E-state index contributed by atoms with van der Waals surface area (Å²) in [6.07, 6.45) is 3.37. The quantitative estimate of drug-likeness (QED) is 0.109. The average Bonchev–Trinajstić information content (AvgIpc) is 3.02. The lowest BCUT2D eigenvalue weighted by Gasteiger charge is -2.24. The standard InChI is InChI=1S/C39H41N3O6S2/c1-8-40-49(43,44)30-18-26(6)39(27(7)19-30)42-29-11-14-32-35(21-29)48-34-20-28(41-38-24(4)15-23(3)16-25(38)5)10-13-31(34)37(32)33-12-9-22(2)17-36(33)50(45,46)47/h9-21,26,39-41H,8H2,1-7H3,(H,45,46,47)/b42-29+. The van der Waals surface area contributed by atoms with E-state index in [0.29, 0.717) is 50.9 Å². The van der Waals surface area contributed by atoms with Crippen molar-refractivity contribution in [3.63, 3.8) is 0 Å². The maximum absolute atomic E-state index is 12.7. The zero-order valence-corrected chi connectivity index (χ0v) is 30.8. The van der Waals surface area contributed by atoms with Crippen LogP contribution in [0.15, 0.2) is 104 Å². The van der Waals surface area contributed by atoms with E-state index >= 15 is 0 Å². The average molecular weight is 712 g/mol. The molecule has 2 atom stereocenters. The summed E-state index contributed by atoms with van der Waals surface area (Å²) >= 11 is 0. The third-order valence-corrected chi connectivity index (χ3v) is 11.5. The molecule has 3 aliphatic rings. The highest BCUT2D eigenvalue weighted by Gasteiger charge is 2.27. The van der Waals surface area contributed by atoms with Gasteiger partial charge in [-0.3, -0.25) is 9.55 Å². The molecular weight excluding hydrogens is 671 g/mol. The number of anilines is 2. The van der Waals surface area contributed by atoms with E-state index in [-0.39, 0.29) is 21.8 Å². The number of nitrogens with one attached hydrogen (secondary N) is 2. The zero-order chi connectivity index (χ0) is 36.1. The smallest absolute Gasteiger partial charge is 0.295 e. The summed E-state index contributed by atoms with van der Waals surface area (Å²) in [7, 11) is -8.19. The van der Waals surface area contributed by atoms with E-state index in [1.165, 1.54) is 11.6 Å². The molecule has 3 N–H and O–H groups in total. The van der Waals surface area contributed by atoms with Gasteiger partial charge in [0.2, 0.25) is 10.0 Å². The molecule has 3 aromatic rings. The van der Waals surface area contributed by atoms with Crippen LogP contribution in [0.5, 0.6) is 0 Å². The van der Waals surface area contributed by atoms with Crippen LogP contribution in [0, 0.1) is 33.6 Å². The van der Waals surface area contributed by atoms with Crippen molar-refractivity contribution >= 4 is 42.5 Å². The van der Waals surface area contributed by atoms with Gasteiger partial charge in [-0.05, 0) is 93.3 Å². The molecule has 0 fully saturated rings. The number of sulfonamides is 1. The molecule has 0 amide bonds. The Bertz CT molecular complexity index is 2470. The summed E-state index contributed by atoms with van der Waals surface area (Å²) in [6.45, 7) is 13.8. The van der Waals surface area contributed by atoms with Crippen LogP contribution in [0.25, 0.3) is 33.4 Å². The second kappa shape index (κ2) is 13.3. The maximum atomic E-state index is 12.7. The van der Waals surface area contributed by atoms with Gasteiger partial charge in [-0.25, -0.2) is 13.1 Å². The summed E-state index contributed by atoms with van der Waals surface area (Å²) in [5.41, 5.74) is 8.73. The number of hydrogen-bond donors (Lipinski definition) is 3. The van der Waals surface area contributed by atoms with E-state index in [0.717, 1.165) is 28.1 Å². The molecule has 0 radical (unpaired) electrons. The largest absolute Gasteiger partial charge is 0.456 e. The Kier molecular flexibility index (Phi) is 9.38. The van der Waals surface area contributed by atoms with Gasteiger partial charge in [0, 0.05) is 58.0 Å². The van der Waals surface area contributed by atoms with Gasteiger partial charge in [0.15, 0.2) is 0 Å². The third-order valence-electron chi connectivity index (χ3n) is 9.03. The van der Waals surface area contributed by atoms with Crippen molar-refractivity contribution < 1.29 is 25.8 Å². The second-order valence-corrected chi connectivity index (χ2v) is 16.3. The fourth-order valence-electron chi connectivity index (χ4n) is 6.84. The first-order valence-corrected chi connectivity index (χ1v) is 19.4. The maximum Gasteiger partial charge on any atom is 0.295 e. The molecule has 0 bridgehead atoms. The van der Waals surface area contributed by atoms with Gasteiger partial charge >= 0.3 is 0 Å². The van der Waals surface area contributed by atoms with Crippen molar-refractivity contribution in [1.82, 2.24) is 4.72 Å². The highest BCUT2D eigenvalue weighted by atomic mass is 32.2. The summed E-state index contributed by atoms with van der Waals surface area (Å²) in [5, 5.41) is 4.81. The number of aryl methyl sites for hydroxylation is 4. The number of fused-ring (bicyclic) bond motifs is 2. The van der Waals surface area contributed by atoms with Gasteiger partial charge in [0.25, 0.3) is 10.1 Å². The monoisotopic (exact) mass is 711 g/mol. The first-order chi connectivity index (χ1) is 23.5. The van der Waals surface area contributed by atoms with Crippen LogP contribution >= 0.6 is 0 Å². The van der Waals surface area contributed by atoms with E-state index < -0.39 is 20.1 Å². The van der Waals surface area contributed by atoms with Gasteiger partial charge in [0.1, 0.15) is 16.2 Å². The van der Waals surface area contributed by atoms with Crippen molar-refractivity contribution in [1.29, 1.82) is 0 Å². The van der Waals surface area contributed by atoms with Gasteiger partial charge in [-0.2, -0.15) is 8.42 Å². The minimum absolute atomic E-state index is 0.194. The van der Waals surface area contributed by atoms with Gasteiger partial charge < -0.3 is 9.73 Å². The lowest BCUT2D eigenvalue weighted by Crippen LogP contribution is -2.29. The Balaban J connectivity index is 1.55. The Morgan fingerprint density at radius 2 is 1.54 bits per heavy atom. The number of hydrogen-bond acceptors (Lipinski definition) is 7. The van der Waals surface area contributed by atoms with Gasteiger partial charge in [-0.1, -0.05) is 49.8 Å². The molecular formula is C39H41N3O6S2. The summed E-state index contributed by atoms with van der Waals surface area (Å²) in [6, 6.07) is 20.1. The number of benzene rings is 4. The Labute approximate surface area is 293 Å². The van der Waals surface area contributed by atoms with Crippen molar-refractivity contribution in [2.75, 3.05) is 11.9 Å². The van der Waals surface area contributed by atoms with E-state index in [1.807, 2.05) is 56.3 Å². The summed E-state index contributed by atoms with van der Waals surface area (Å²) in [4.78, 5) is 5.04. The van der Waals surface area contributed by atoms with E-state index in [1.54, 1.807) is 32.1 Å². The van der Waals surface area contributed by atoms with Crippen LogP contribution in [0.4, 0.5) is 11.4 Å². The van der Waals surface area contributed by atoms with Crippen molar-refractivity contribution in [3.8, 4) is 22.5 Å². The summed E-state index contributed by atoms with van der Waals surface area (Å²) < 4.78 is 70.3. The van der Waals surface area contributed by atoms with Crippen LogP contribution in [-0.4, -0.2) is 34.0 Å². The number of allylic oxidation sites excluding steroid dienone is 1. The topological polar surface area (TPSA) is 138 Å². The highest BCUT2D eigenvalue weighted by Crippen LogP contribution is 2.43. The Morgan fingerprint density at radius 1 is 0.840 bits per heavy atom. The molecule has 0 saturated carbocycles. The molecule has 260 valence electrons. The molecule has 9 nitrogen and oxygen atoms in total. The summed E-state index contributed by atoms with van der Waals surface area (Å²) in [5.74, 6) is 0.266. The third kappa shape index (κ3) is 6.91. The van der Waals surface area contributed by atoms with Crippen LogP contribution in [0.2, 0.25) is 0 Å². The Hall–Kier alpha value is -4.55. The van der Waals surface area contributed by atoms with Gasteiger partial charge in [-0.15, -0.1) is 0 Å².